The molecule has 5 heteroatoms. The van der Waals surface area contributed by atoms with Crippen molar-refractivity contribution < 1.29 is 14.3 Å². The minimum Gasteiger partial charge on any atom is -0.493 e. The van der Waals surface area contributed by atoms with Crippen LogP contribution < -0.4 is 10.1 Å². The minimum absolute atomic E-state index is 0.259. The average molecular weight is 407 g/mol. The van der Waals surface area contributed by atoms with E-state index in [2.05, 4.69) is 19.2 Å². The average Bonchev–Trinajstić information content (AvgIpc) is 2.94. The Kier molecular flexibility index (Phi) is 6.60. The number of rotatable bonds is 8. The summed E-state index contributed by atoms with van der Waals surface area (Å²) < 4.78 is 5.75. The summed E-state index contributed by atoms with van der Waals surface area (Å²) in [4.78, 5) is 27.6. The topological polar surface area (TPSA) is 58.6 Å². The first-order valence-electron chi connectivity index (χ1n) is 10.5. The summed E-state index contributed by atoms with van der Waals surface area (Å²) in [7, 11) is 0. The van der Waals surface area contributed by atoms with Crippen LogP contribution in [0.1, 0.15) is 43.9 Å². The van der Waals surface area contributed by atoms with Gasteiger partial charge in [-0.2, -0.15) is 0 Å². The zero-order chi connectivity index (χ0) is 21.8. The van der Waals surface area contributed by atoms with Gasteiger partial charge < -0.3 is 10.1 Å². The monoisotopic (exact) mass is 406 g/mol. The molecule has 0 fully saturated rings. The van der Waals surface area contributed by atoms with Gasteiger partial charge in [0.05, 0.1) is 12.2 Å². The van der Waals surface area contributed by atoms with E-state index in [-0.39, 0.29) is 11.8 Å². The Morgan fingerprint density at radius 3 is 2.33 bits per heavy atom. The lowest BCUT2D eigenvalue weighted by Crippen LogP contribution is -2.33. The highest BCUT2D eigenvalue weighted by molar-refractivity contribution is 6.36. The van der Waals surface area contributed by atoms with Crippen molar-refractivity contribution in [2.45, 2.75) is 41.0 Å². The molecule has 0 spiro atoms. The van der Waals surface area contributed by atoms with E-state index in [1.165, 1.54) is 4.90 Å². The van der Waals surface area contributed by atoms with Gasteiger partial charge in [0.25, 0.3) is 11.8 Å². The summed E-state index contributed by atoms with van der Waals surface area (Å²) in [5, 5.41) is 3.26. The van der Waals surface area contributed by atoms with Crippen LogP contribution in [0.15, 0.2) is 48.2 Å². The number of nitrogens with zero attached hydrogens (tertiary/aromatic N) is 1. The van der Waals surface area contributed by atoms with Crippen molar-refractivity contribution in [2.24, 2.45) is 5.92 Å². The number of hydrogen-bond acceptors (Lipinski definition) is 4. The molecule has 1 aliphatic rings. The standard InChI is InChI=1S/C25H30N2O3/c1-6-13-27-24(28)22(19-9-11-20(12-10-19)30-15-16(2)3)23(25(27)29)26-21-14-17(4)7-8-18(21)5/h7-12,14,16,26H,6,13,15H2,1-5H3. The summed E-state index contributed by atoms with van der Waals surface area (Å²) in [5.41, 5.74) is 4.37. The molecule has 0 radical (unpaired) electrons. The van der Waals surface area contributed by atoms with Gasteiger partial charge in [0.1, 0.15) is 11.4 Å². The summed E-state index contributed by atoms with van der Waals surface area (Å²) in [6, 6.07) is 13.4. The second-order valence-corrected chi connectivity index (χ2v) is 8.18. The van der Waals surface area contributed by atoms with Crippen molar-refractivity contribution >= 4 is 23.1 Å². The summed E-state index contributed by atoms with van der Waals surface area (Å²) in [5.74, 6) is 0.639. The Balaban J connectivity index is 1.99. The molecule has 2 aromatic rings. The van der Waals surface area contributed by atoms with Crippen molar-refractivity contribution in [3.05, 3.63) is 64.9 Å². The van der Waals surface area contributed by atoms with Crippen LogP contribution in [0, 0.1) is 19.8 Å². The van der Waals surface area contributed by atoms with Gasteiger partial charge in [-0.05, 0) is 61.1 Å². The first kappa shape index (κ1) is 21.6. The fourth-order valence-electron chi connectivity index (χ4n) is 3.37. The number of nitrogens with one attached hydrogen (secondary N) is 1. The summed E-state index contributed by atoms with van der Waals surface area (Å²) >= 11 is 0. The van der Waals surface area contributed by atoms with Crippen LogP contribution in [0.2, 0.25) is 0 Å². The van der Waals surface area contributed by atoms with Crippen molar-refractivity contribution in [3.8, 4) is 5.75 Å². The van der Waals surface area contributed by atoms with Crippen molar-refractivity contribution in [3.63, 3.8) is 0 Å². The lowest BCUT2D eigenvalue weighted by molar-refractivity contribution is -0.136. The van der Waals surface area contributed by atoms with Crippen molar-refractivity contribution in [1.82, 2.24) is 4.90 Å². The van der Waals surface area contributed by atoms with Gasteiger partial charge in [-0.15, -0.1) is 0 Å². The van der Waals surface area contributed by atoms with Crippen LogP contribution >= 0.6 is 0 Å². The molecule has 1 heterocycles. The minimum atomic E-state index is -0.280. The van der Waals surface area contributed by atoms with Gasteiger partial charge in [-0.3, -0.25) is 14.5 Å². The Morgan fingerprint density at radius 1 is 1.00 bits per heavy atom. The Morgan fingerprint density at radius 2 is 1.70 bits per heavy atom. The highest BCUT2D eigenvalue weighted by atomic mass is 16.5. The van der Waals surface area contributed by atoms with Gasteiger partial charge in [-0.25, -0.2) is 0 Å². The van der Waals surface area contributed by atoms with E-state index >= 15 is 0 Å². The first-order chi connectivity index (χ1) is 14.3. The third kappa shape index (κ3) is 4.56. The fourth-order valence-corrected chi connectivity index (χ4v) is 3.37. The normalized spacial score (nSPS) is 14.1. The summed E-state index contributed by atoms with van der Waals surface area (Å²) in [6.07, 6.45) is 0.712. The van der Waals surface area contributed by atoms with Gasteiger partial charge in [0.2, 0.25) is 0 Å². The smallest absolute Gasteiger partial charge is 0.278 e. The molecule has 0 bridgehead atoms. The molecule has 1 aliphatic heterocycles. The van der Waals surface area contributed by atoms with Crippen molar-refractivity contribution in [1.29, 1.82) is 0 Å². The molecule has 30 heavy (non-hydrogen) atoms. The van der Waals surface area contributed by atoms with Crippen molar-refractivity contribution in [2.75, 3.05) is 18.5 Å². The molecular weight excluding hydrogens is 376 g/mol. The van der Waals surface area contributed by atoms with Gasteiger partial charge >= 0.3 is 0 Å². The molecule has 0 aliphatic carbocycles. The fraction of sp³-hybridized carbons (Fsp3) is 0.360. The number of carbonyl (C=O) groups is 2. The zero-order valence-corrected chi connectivity index (χ0v) is 18.4. The highest BCUT2D eigenvalue weighted by Gasteiger charge is 2.38. The maximum Gasteiger partial charge on any atom is 0.278 e. The molecule has 3 rings (SSSR count). The van der Waals surface area contributed by atoms with E-state index in [4.69, 9.17) is 4.74 Å². The number of ether oxygens (including phenoxy) is 1. The number of aryl methyl sites for hydroxylation is 2. The number of amides is 2. The van der Waals surface area contributed by atoms with E-state index in [9.17, 15) is 9.59 Å². The second kappa shape index (κ2) is 9.16. The van der Waals surface area contributed by atoms with Gasteiger partial charge in [0.15, 0.2) is 0 Å². The Bertz CT molecular complexity index is 974. The maximum atomic E-state index is 13.1. The molecule has 0 atom stereocenters. The van der Waals surface area contributed by atoms with Crippen LogP contribution in [0.5, 0.6) is 5.75 Å². The lowest BCUT2D eigenvalue weighted by atomic mass is 10.0. The third-order valence-corrected chi connectivity index (χ3v) is 4.99. The lowest BCUT2D eigenvalue weighted by Gasteiger charge is -2.14. The predicted molar refractivity (Wildman–Crippen MR) is 120 cm³/mol. The molecule has 2 aromatic carbocycles. The Hall–Kier alpha value is -3.08. The molecule has 0 saturated heterocycles. The quantitative estimate of drug-likeness (QED) is 0.631. The van der Waals surface area contributed by atoms with Crippen LogP contribution in [0.4, 0.5) is 5.69 Å². The van der Waals surface area contributed by atoms with Crippen LogP contribution in [0.3, 0.4) is 0 Å². The first-order valence-corrected chi connectivity index (χ1v) is 10.5. The van der Waals surface area contributed by atoms with Crippen LogP contribution in [-0.2, 0) is 9.59 Å². The predicted octanol–water partition coefficient (Wildman–Crippen LogP) is 4.94. The van der Waals surface area contributed by atoms with Crippen LogP contribution in [0.25, 0.3) is 5.57 Å². The zero-order valence-electron chi connectivity index (χ0n) is 18.4. The van der Waals surface area contributed by atoms with E-state index in [1.54, 1.807) is 0 Å². The Labute approximate surface area is 178 Å². The molecule has 1 N–H and O–H groups in total. The molecule has 0 saturated carbocycles. The highest BCUT2D eigenvalue weighted by Crippen LogP contribution is 2.32. The number of benzene rings is 2. The van der Waals surface area contributed by atoms with E-state index in [1.807, 2.05) is 63.2 Å². The van der Waals surface area contributed by atoms with E-state index < -0.39 is 0 Å². The molecule has 2 amide bonds. The number of carbonyl (C=O) groups excluding carboxylic acids is 2. The number of hydrogen-bond donors (Lipinski definition) is 1. The largest absolute Gasteiger partial charge is 0.493 e. The SMILES string of the molecule is CCCN1C(=O)C(Nc2cc(C)ccc2C)=C(c2ccc(OCC(C)C)cc2)C1=O. The molecule has 0 aromatic heterocycles. The molecule has 5 nitrogen and oxygen atoms in total. The molecule has 0 unspecified atom stereocenters. The van der Waals surface area contributed by atoms with E-state index in [0.29, 0.717) is 42.3 Å². The maximum absolute atomic E-state index is 13.1. The van der Waals surface area contributed by atoms with Gasteiger partial charge in [-0.1, -0.05) is 45.0 Å². The molecule has 158 valence electrons. The second-order valence-electron chi connectivity index (χ2n) is 8.18. The summed E-state index contributed by atoms with van der Waals surface area (Å²) in [6.45, 7) is 11.1. The number of imide groups is 1. The third-order valence-electron chi connectivity index (χ3n) is 4.99. The number of anilines is 1. The van der Waals surface area contributed by atoms with Crippen LogP contribution in [-0.4, -0.2) is 29.9 Å². The molecular formula is C25H30N2O3. The van der Waals surface area contributed by atoms with Gasteiger partial charge in [0, 0.05) is 12.2 Å². The van der Waals surface area contributed by atoms with E-state index in [0.717, 1.165) is 22.6 Å².